The molecule has 1 aromatic heterocycles. The topological polar surface area (TPSA) is 4.93 Å². The molecule has 0 saturated heterocycles. The van der Waals surface area contributed by atoms with Crippen molar-refractivity contribution >= 4 is 27.4 Å². The van der Waals surface area contributed by atoms with Crippen LogP contribution in [-0.2, 0) is 5.41 Å². The van der Waals surface area contributed by atoms with Crippen LogP contribution >= 0.6 is 0 Å². The minimum absolute atomic E-state index is 0.0966. The Bertz CT molecular complexity index is 2450. The Balaban J connectivity index is 0.000000306. The van der Waals surface area contributed by atoms with Crippen LogP contribution in [0.15, 0.2) is 164 Å². The Morgan fingerprint density at radius 3 is 2.00 bits per heavy atom. The number of aryl methyl sites for hydroxylation is 4. The van der Waals surface area contributed by atoms with Crippen molar-refractivity contribution < 1.29 is 0 Å². The Kier molecular flexibility index (Phi) is 13.3. The standard InChI is InChI=1S/C38H37N.C14H16.C2H6/c1-25-14-10-11-17-31(25)34-24-30(22-20-26(34)2)39-35-19-13-12-18-32(35)33-23-21-27(3)36(37(33)39)38(5,6)28(4)29-15-8-7-9-16-29;1-4-6-9-13(5-2)14-10-7-8-12(3)11-14;1-2/h7-24,28H,1-6H3;4-11H,2H2,1,3H3;1-2H3/b;6-4-,13-9+;. The van der Waals surface area contributed by atoms with E-state index in [9.17, 15) is 0 Å². The second-order valence-electron chi connectivity index (χ2n) is 14.9. The van der Waals surface area contributed by atoms with Gasteiger partial charge in [-0.05, 0) is 114 Å². The number of nitrogens with zero attached hydrogens (tertiary/aromatic N) is 1. The van der Waals surface area contributed by atoms with E-state index >= 15 is 0 Å². The highest BCUT2D eigenvalue weighted by atomic mass is 15.0. The Morgan fingerprint density at radius 2 is 1.31 bits per heavy atom. The third kappa shape index (κ3) is 8.53. The highest BCUT2D eigenvalue weighted by Gasteiger charge is 2.34. The zero-order chi connectivity index (χ0) is 39.7. The van der Waals surface area contributed by atoms with Crippen LogP contribution in [0.3, 0.4) is 0 Å². The van der Waals surface area contributed by atoms with Crippen molar-refractivity contribution in [3.63, 3.8) is 0 Å². The van der Waals surface area contributed by atoms with Crippen molar-refractivity contribution in [1.82, 2.24) is 4.57 Å². The van der Waals surface area contributed by atoms with Crippen LogP contribution in [0.4, 0.5) is 0 Å². The smallest absolute Gasteiger partial charge is 0.0581 e. The molecule has 1 nitrogen and oxygen atoms in total. The van der Waals surface area contributed by atoms with Crippen molar-refractivity contribution in [2.24, 2.45) is 0 Å². The lowest BCUT2D eigenvalue weighted by molar-refractivity contribution is 0.437. The van der Waals surface area contributed by atoms with Crippen molar-refractivity contribution in [2.45, 2.75) is 80.6 Å². The largest absolute Gasteiger partial charge is 0.309 e. The van der Waals surface area contributed by atoms with Gasteiger partial charge in [0, 0.05) is 16.5 Å². The molecule has 0 radical (unpaired) electrons. The average molecular weight is 722 g/mol. The third-order valence-electron chi connectivity index (χ3n) is 11.0. The van der Waals surface area contributed by atoms with Gasteiger partial charge in [0.05, 0.1) is 11.0 Å². The molecule has 1 unspecified atom stereocenters. The van der Waals surface area contributed by atoms with Crippen LogP contribution in [0, 0.1) is 27.7 Å². The van der Waals surface area contributed by atoms with Gasteiger partial charge in [-0.1, -0.05) is 186 Å². The van der Waals surface area contributed by atoms with Crippen LogP contribution in [0.1, 0.15) is 86.4 Å². The van der Waals surface area contributed by atoms with Crippen molar-refractivity contribution in [2.75, 3.05) is 0 Å². The molecule has 0 aliphatic heterocycles. The summed E-state index contributed by atoms with van der Waals surface area (Å²) in [7, 11) is 0. The molecule has 0 N–H and O–H groups in total. The number of allylic oxidation sites excluding steroid dienone is 5. The van der Waals surface area contributed by atoms with E-state index in [2.05, 4.69) is 199 Å². The second-order valence-corrected chi connectivity index (χ2v) is 14.9. The number of para-hydroxylation sites is 1. The molecule has 0 bridgehead atoms. The molecule has 7 rings (SSSR count). The second kappa shape index (κ2) is 18.1. The summed E-state index contributed by atoms with van der Waals surface area (Å²) in [5.41, 5.74) is 16.7. The van der Waals surface area contributed by atoms with Crippen LogP contribution < -0.4 is 0 Å². The van der Waals surface area contributed by atoms with Crippen LogP contribution in [0.5, 0.6) is 0 Å². The lowest BCUT2D eigenvalue weighted by Gasteiger charge is -2.35. The van der Waals surface area contributed by atoms with Crippen molar-refractivity contribution in [1.29, 1.82) is 0 Å². The number of hydrogen-bond acceptors (Lipinski definition) is 0. The first-order valence-corrected chi connectivity index (χ1v) is 19.8. The Labute approximate surface area is 331 Å². The molecule has 0 saturated carbocycles. The maximum Gasteiger partial charge on any atom is 0.0581 e. The molecule has 0 aliphatic carbocycles. The molecule has 1 heterocycles. The predicted octanol–water partition coefficient (Wildman–Crippen LogP) is 15.6. The van der Waals surface area contributed by atoms with E-state index in [1.807, 2.05) is 39.0 Å². The number of aromatic nitrogens is 1. The lowest BCUT2D eigenvalue weighted by Crippen LogP contribution is -2.27. The van der Waals surface area contributed by atoms with E-state index in [0.29, 0.717) is 5.92 Å². The fourth-order valence-electron chi connectivity index (χ4n) is 7.84. The van der Waals surface area contributed by atoms with Crippen molar-refractivity contribution in [3.8, 4) is 16.8 Å². The molecule has 55 heavy (non-hydrogen) atoms. The first-order valence-electron chi connectivity index (χ1n) is 19.8. The summed E-state index contributed by atoms with van der Waals surface area (Å²) in [5.74, 6) is 0.343. The van der Waals surface area contributed by atoms with Crippen LogP contribution in [0.25, 0.3) is 44.2 Å². The van der Waals surface area contributed by atoms with E-state index in [0.717, 1.165) is 5.57 Å². The maximum atomic E-state index is 3.82. The fraction of sp³-hybridized carbons (Fsp3) is 0.222. The molecule has 7 aromatic rings. The number of fused-ring (bicyclic) bond motifs is 3. The molecule has 6 aromatic carbocycles. The lowest BCUT2D eigenvalue weighted by atomic mass is 9.69. The van der Waals surface area contributed by atoms with Gasteiger partial charge in [0.2, 0.25) is 0 Å². The quantitative estimate of drug-likeness (QED) is 0.138. The molecule has 0 spiro atoms. The minimum atomic E-state index is -0.0966. The zero-order valence-corrected chi connectivity index (χ0v) is 34.7. The molecule has 0 amide bonds. The molecule has 1 atom stereocenters. The highest BCUT2D eigenvalue weighted by molar-refractivity contribution is 6.11. The SMILES string of the molecule is C=C/C(=C\C=C/C)c1cccc(C)c1.CC.Cc1ccccc1-c1cc(-n2c3ccccc3c3ccc(C)c(C(C)(C)C(C)c4ccccc4)c32)ccc1C. The van der Waals surface area contributed by atoms with E-state index in [1.165, 1.54) is 77.6 Å². The van der Waals surface area contributed by atoms with Gasteiger partial charge < -0.3 is 4.57 Å². The normalized spacial score (nSPS) is 12.2. The summed E-state index contributed by atoms with van der Waals surface area (Å²) in [4.78, 5) is 0. The average Bonchev–Trinajstić information content (AvgIpc) is 3.53. The monoisotopic (exact) mass is 721 g/mol. The van der Waals surface area contributed by atoms with Gasteiger partial charge in [-0.15, -0.1) is 0 Å². The van der Waals surface area contributed by atoms with E-state index < -0.39 is 0 Å². The molecular formula is C54H59N. The van der Waals surface area contributed by atoms with Gasteiger partial charge in [-0.3, -0.25) is 0 Å². The van der Waals surface area contributed by atoms with E-state index in [1.54, 1.807) is 0 Å². The summed E-state index contributed by atoms with van der Waals surface area (Å²) < 4.78 is 2.52. The van der Waals surface area contributed by atoms with Gasteiger partial charge >= 0.3 is 0 Å². The molecular weight excluding hydrogens is 663 g/mol. The number of rotatable bonds is 8. The van der Waals surface area contributed by atoms with Crippen LogP contribution in [-0.4, -0.2) is 4.57 Å². The predicted molar refractivity (Wildman–Crippen MR) is 244 cm³/mol. The third-order valence-corrected chi connectivity index (χ3v) is 11.0. The molecule has 1 heteroatoms. The summed E-state index contributed by atoms with van der Waals surface area (Å²) in [6.07, 6.45) is 8.00. The van der Waals surface area contributed by atoms with Gasteiger partial charge in [-0.2, -0.15) is 0 Å². The summed E-state index contributed by atoms with van der Waals surface area (Å²) in [5, 5.41) is 2.62. The van der Waals surface area contributed by atoms with E-state index in [-0.39, 0.29) is 5.41 Å². The van der Waals surface area contributed by atoms with Gasteiger partial charge in [0.15, 0.2) is 0 Å². The number of hydrogen-bond donors (Lipinski definition) is 0. The van der Waals surface area contributed by atoms with Gasteiger partial charge in [0.1, 0.15) is 0 Å². The van der Waals surface area contributed by atoms with Crippen molar-refractivity contribution in [3.05, 3.63) is 203 Å². The first kappa shape index (κ1) is 40.5. The van der Waals surface area contributed by atoms with Gasteiger partial charge in [0.25, 0.3) is 0 Å². The van der Waals surface area contributed by atoms with Crippen LogP contribution in [0.2, 0.25) is 0 Å². The molecule has 0 aliphatic rings. The summed E-state index contributed by atoms with van der Waals surface area (Å²) in [6.45, 7) is 25.8. The van der Waals surface area contributed by atoms with E-state index in [4.69, 9.17) is 0 Å². The summed E-state index contributed by atoms with van der Waals surface area (Å²) >= 11 is 0. The minimum Gasteiger partial charge on any atom is -0.309 e. The highest BCUT2D eigenvalue weighted by Crippen LogP contribution is 2.46. The Morgan fingerprint density at radius 1 is 0.655 bits per heavy atom. The Hall–Kier alpha value is -5.66. The maximum absolute atomic E-state index is 3.82. The number of benzene rings is 6. The first-order chi connectivity index (χ1) is 26.6. The van der Waals surface area contributed by atoms with Gasteiger partial charge in [-0.25, -0.2) is 0 Å². The zero-order valence-electron chi connectivity index (χ0n) is 34.7. The molecule has 280 valence electrons. The fourth-order valence-corrected chi connectivity index (χ4v) is 7.84. The molecule has 0 fully saturated rings. The summed E-state index contributed by atoms with van der Waals surface area (Å²) in [6, 6.07) is 48.6.